The molecular weight excluding hydrogens is 270 g/mol. The minimum atomic E-state index is -3.73. The molecule has 1 aromatic heterocycles. The predicted octanol–water partition coefficient (Wildman–Crippen LogP) is -0.0743. The molecule has 1 aromatic rings. The average Bonchev–Trinajstić information content (AvgIpc) is 2.39. The molecule has 0 radical (unpaired) electrons. The summed E-state index contributed by atoms with van der Waals surface area (Å²) < 4.78 is 30.6. The molecule has 0 fully saturated rings. The Morgan fingerprint density at radius 1 is 1.42 bits per heavy atom. The van der Waals surface area contributed by atoms with Gasteiger partial charge in [0.25, 0.3) is 0 Å². The van der Waals surface area contributed by atoms with E-state index in [1.54, 1.807) is 0 Å². The summed E-state index contributed by atoms with van der Waals surface area (Å²) in [5.41, 5.74) is -0.376. The van der Waals surface area contributed by atoms with E-state index in [0.717, 1.165) is 16.6 Å². The summed E-state index contributed by atoms with van der Waals surface area (Å²) in [5.74, 6) is 0. The number of aromatic amines is 1. The molecule has 19 heavy (non-hydrogen) atoms. The summed E-state index contributed by atoms with van der Waals surface area (Å²) in [4.78, 5) is 13.2. The lowest BCUT2D eigenvalue weighted by Crippen LogP contribution is -2.35. The average molecular weight is 285 g/mol. The molecular formula is C11H15N3O4S. The van der Waals surface area contributed by atoms with Crippen molar-refractivity contribution in [3.63, 3.8) is 0 Å². The minimum absolute atomic E-state index is 0.0128. The van der Waals surface area contributed by atoms with Gasteiger partial charge in [0.2, 0.25) is 15.6 Å². The van der Waals surface area contributed by atoms with Crippen LogP contribution in [0.3, 0.4) is 0 Å². The Labute approximate surface area is 111 Å². The number of nitrogens with one attached hydrogen (secondary N) is 1. The van der Waals surface area contributed by atoms with Crippen LogP contribution in [-0.2, 0) is 14.8 Å². The molecule has 0 unspecified atom stereocenters. The standard InChI is InChI=1S/C11H15N3O4S/c1-18-8-7-14(6-2-5-12)19(16,17)10-3-4-11(15)13-9-10/h3-4,9H,2,6-8H2,1H3,(H,13,15). The van der Waals surface area contributed by atoms with E-state index in [2.05, 4.69) is 4.98 Å². The summed E-state index contributed by atoms with van der Waals surface area (Å²) in [6.07, 6.45) is 1.23. The number of ether oxygens (including phenoxy) is 1. The number of hydrogen-bond donors (Lipinski definition) is 1. The maximum absolute atomic E-state index is 12.3. The van der Waals surface area contributed by atoms with E-state index in [1.807, 2.05) is 6.07 Å². The highest BCUT2D eigenvalue weighted by Crippen LogP contribution is 2.13. The Morgan fingerprint density at radius 3 is 2.68 bits per heavy atom. The number of aromatic nitrogens is 1. The van der Waals surface area contributed by atoms with Crippen molar-refractivity contribution in [3.8, 4) is 6.07 Å². The fourth-order valence-corrected chi connectivity index (χ4v) is 2.82. The minimum Gasteiger partial charge on any atom is -0.383 e. The number of hydrogen-bond acceptors (Lipinski definition) is 5. The van der Waals surface area contributed by atoms with Crippen LogP contribution >= 0.6 is 0 Å². The molecule has 0 amide bonds. The molecule has 1 N–H and O–H groups in total. The van der Waals surface area contributed by atoms with Crippen molar-refractivity contribution in [1.82, 2.24) is 9.29 Å². The Bertz CT molecular complexity index is 583. The lowest BCUT2D eigenvalue weighted by atomic mass is 10.4. The van der Waals surface area contributed by atoms with Crippen LogP contribution in [0.1, 0.15) is 6.42 Å². The largest absolute Gasteiger partial charge is 0.383 e. The van der Waals surface area contributed by atoms with Crippen molar-refractivity contribution in [3.05, 3.63) is 28.7 Å². The summed E-state index contributed by atoms with van der Waals surface area (Å²) >= 11 is 0. The van der Waals surface area contributed by atoms with Gasteiger partial charge in [-0.05, 0) is 6.07 Å². The molecule has 8 heteroatoms. The number of sulfonamides is 1. The smallest absolute Gasteiger partial charge is 0.247 e. The maximum atomic E-state index is 12.3. The summed E-state index contributed by atoms with van der Waals surface area (Å²) in [7, 11) is -2.26. The molecule has 7 nitrogen and oxygen atoms in total. The van der Waals surface area contributed by atoms with Gasteiger partial charge in [-0.15, -0.1) is 0 Å². The highest BCUT2D eigenvalue weighted by molar-refractivity contribution is 7.89. The van der Waals surface area contributed by atoms with E-state index < -0.39 is 10.0 Å². The van der Waals surface area contributed by atoms with Gasteiger partial charge >= 0.3 is 0 Å². The van der Waals surface area contributed by atoms with Gasteiger partial charge in [-0.2, -0.15) is 9.57 Å². The summed E-state index contributed by atoms with van der Waals surface area (Å²) in [5, 5.41) is 8.56. The number of H-pyrrole nitrogens is 1. The second-order valence-electron chi connectivity index (χ2n) is 3.69. The van der Waals surface area contributed by atoms with Crippen LogP contribution in [-0.4, -0.2) is 44.5 Å². The molecule has 0 saturated heterocycles. The molecule has 0 atom stereocenters. The molecule has 0 saturated carbocycles. The lowest BCUT2D eigenvalue weighted by molar-refractivity contribution is 0.179. The van der Waals surface area contributed by atoms with Gasteiger partial charge in [-0.25, -0.2) is 8.42 Å². The molecule has 104 valence electrons. The van der Waals surface area contributed by atoms with Crippen molar-refractivity contribution < 1.29 is 13.2 Å². The molecule has 0 aromatic carbocycles. The quantitative estimate of drug-likeness (QED) is 0.755. The van der Waals surface area contributed by atoms with Gasteiger partial charge < -0.3 is 9.72 Å². The zero-order valence-corrected chi connectivity index (χ0v) is 11.3. The molecule has 0 spiro atoms. The Balaban J connectivity index is 3.00. The molecule has 0 bridgehead atoms. The van der Waals surface area contributed by atoms with Crippen molar-refractivity contribution in [2.24, 2.45) is 0 Å². The zero-order chi connectivity index (χ0) is 14.3. The van der Waals surface area contributed by atoms with E-state index >= 15 is 0 Å². The second-order valence-corrected chi connectivity index (χ2v) is 5.63. The lowest BCUT2D eigenvalue weighted by Gasteiger charge is -2.20. The van der Waals surface area contributed by atoms with Gasteiger partial charge in [0.1, 0.15) is 0 Å². The normalized spacial score (nSPS) is 11.4. The fourth-order valence-electron chi connectivity index (χ4n) is 1.43. The zero-order valence-electron chi connectivity index (χ0n) is 10.5. The van der Waals surface area contributed by atoms with Gasteiger partial charge in [0.15, 0.2) is 0 Å². The third-order valence-electron chi connectivity index (χ3n) is 2.41. The third kappa shape index (κ3) is 4.17. The molecule has 0 aliphatic heterocycles. The number of methoxy groups -OCH3 is 1. The highest BCUT2D eigenvalue weighted by Gasteiger charge is 2.23. The van der Waals surface area contributed by atoms with Crippen LogP contribution in [0.4, 0.5) is 0 Å². The maximum Gasteiger partial charge on any atom is 0.247 e. The number of pyridine rings is 1. The van der Waals surface area contributed by atoms with Gasteiger partial charge in [-0.3, -0.25) is 4.79 Å². The molecule has 0 aliphatic carbocycles. The predicted molar refractivity (Wildman–Crippen MR) is 67.9 cm³/mol. The number of nitrogens with zero attached hydrogens (tertiary/aromatic N) is 2. The molecule has 1 heterocycles. The topological polar surface area (TPSA) is 103 Å². The van der Waals surface area contributed by atoms with Crippen LogP contribution in [0.15, 0.2) is 28.0 Å². The Kier molecular flexibility index (Phi) is 5.69. The first-order chi connectivity index (χ1) is 9.02. The van der Waals surface area contributed by atoms with E-state index in [1.165, 1.54) is 13.2 Å². The first-order valence-electron chi connectivity index (χ1n) is 5.57. The molecule has 1 rings (SSSR count). The summed E-state index contributed by atoms with van der Waals surface area (Å²) in [6.45, 7) is 0.467. The Hall–Kier alpha value is -1.69. The van der Waals surface area contributed by atoms with Crippen molar-refractivity contribution in [2.45, 2.75) is 11.3 Å². The Morgan fingerprint density at radius 2 is 2.16 bits per heavy atom. The summed E-state index contributed by atoms with van der Waals surface area (Å²) in [6, 6.07) is 4.28. The van der Waals surface area contributed by atoms with E-state index in [9.17, 15) is 13.2 Å². The fraction of sp³-hybridized carbons (Fsp3) is 0.455. The first kappa shape index (κ1) is 15.4. The molecule has 0 aliphatic rings. The monoisotopic (exact) mass is 285 g/mol. The van der Waals surface area contributed by atoms with Crippen molar-refractivity contribution in [2.75, 3.05) is 26.8 Å². The van der Waals surface area contributed by atoms with E-state index in [-0.39, 0.29) is 36.6 Å². The van der Waals surface area contributed by atoms with E-state index in [4.69, 9.17) is 10.00 Å². The van der Waals surface area contributed by atoms with Gasteiger partial charge in [-0.1, -0.05) is 0 Å². The van der Waals surface area contributed by atoms with Crippen LogP contribution in [0, 0.1) is 11.3 Å². The van der Waals surface area contributed by atoms with Crippen molar-refractivity contribution >= 4 is 10.0 Å². The van der Waals surface area contributed by atoms with Crippen LogP contribution < -0.4 is 5.56 Å². The number of nitriles is 1. The van der Waals surface area contributed by atoms with Gasteiger partial charge in [0.05, 0.1) is 17.6 Å². The van der Waals surface area contributed by atoms with Gasteiger partial charge in [0, 0.05) is 38.9 Å². The number of rotatable bonds is 7. The second kappa shape index (κ2) is 7.04. The van der Waals surface area contributed by atoms with Crippen molar-refractivity contribution in [1.29, 1.82) is 5.26 Å². The first-order valence-corrected chi connectivity index (χ1v) is 7.01. The van der Waals surface area contributed by atoms with Crippen LogP contribution in [0.5, 0.6) is 0 Å². The van der Waals surface area contributed by atoms with Crippen LogP contribution in [0.25, 0.3) is 0 Å². The highest BCUT2D eigenvalue weighted by atomic mass is 32.2. The van der Waals surface area contributed by atoms with E-state index in [0.29, 0.717) is 0 Å². The van der Waals surface area contributed by atoms with Crippen LogP contribution in [0.2, 0.25) is 0 Å². The third-order valence-corrected chi connectivity index (χ3v) is 4.31. The SMILES string of the molecule is COCCN(CCC#N)S(=O)(=O)c1ccc(=O)[nH]c1.